The van der Waals surface area contributed by atoms with Gasteiger partial charge in [-0.05, 0) is 13.0 Å². The number of nitrogens with one attached hydrogen (secondary N) is 2. The lowest BCUT2D eigenvalue weighted by Crippen LogP contribution is -2.38. The molecule has 0 unspecified atom stereocenters. The van der Waals surface area contributed by atoms with Crippen molar-refractivity contribution in [3.63, 3.8) is 0 Å². The van der Waals surface area contributed by atoms with Crippen LogP contribution in [0.1, 0.15) is 40.4 Å². The number of amides is 1. The number of aromatic amines is 2. The van der Waals surface area contributed by atoms with Gasteiger partial charge in [-0.2, -0.15) is 18.3 Å². The van der Waals surface area contributed by atoms with Crippen LogP contribution in [0.25, 0.3) is 10.9 Å². The molecule has 0 fully saturated rings. The fourth-order valence-corrected chi connectivity index (χ4v) is 3.68. The quantitative estimate of drug-likeness (QED) is 0.647. The fourth-order valence-electron chi connectivity index (χ4n) is 3.68. The lowest BCUT2D eigenvalue weighted by atomic mass is 9.96. The maximum Gasteiger partial charge on any atom is 0.432 e. The van der Waals surface area contributed by atoms with Gasteiger partial charge in [0.15, 0.2) is 11.5 Å². The van der Waals surface area contributed by atoms with Gasteiger partial charge in [0.25, 0.3) is 5.91 Å². The molecule has 1 aliphatic rings. The highest BCUT2D eigenvalue weighted by atomic mass is 19.4. The minimum atomic E-state index is -4.61. The van der Waals surface area contributed by atoms with E-state index in [4.69, 9.17) is 4.74 Å². The van der Waals surface area contributed by atoms with E-state index in [0.717, 1.165) is 11.3 Å². The van der Waals surface area contributed by atoms with Gasteiger partial charge < -0.3 is 14.6 Å². The number of rotatable bonds is 2. The molecule has 4 rings (SSSR count). The average molecular weight is 396 g/mol. The summed E-state index contributed by atoms with van der Waals surface area (Å²) in [4.78, 5) is 17.3. The molecule has 10 heteroatoms. The molecule has 0 spiro atoms. The number of carbonyl (C=O) groups excluding carboxylic acids is 1. The van der Waals surface area contributed by atoms with E-state index in [0.29, 0.717) is 29.1 Å². The van der Waals surface area contributed by atoms with Crippen LogP contribution in [0.4, 0.5) is 17.6 Å². The van der Waals surface area contributed by atoms with Crippen molar-refractivity contribution in [3.8, 4) is 5.75 Å². The summed E-state index contributed by atoms with van der Waals surface area (Å²) in [5.74, 6) is -0.761. The third-order valence-corrected chi connectivity index (χ3v) is 5.04. The highest BCUT2D eigenvalue weighted by Crippen LogP contribution is 2.38. The van der Waals surface area contributed by atoms with Crippen molar-refractivity contribution in [3.05, 3.63) is 46.7 Å². The van der Waals surface area contributed by atoms with Gasteiger partial charge in [-0.25, -0.2) is 4.39 Å². The van der Waals surface area contributed by atoms with Crippen LogP contribution in [-0.4, -0.2) is 39.6 Å². The second kappa shape index (κ2) is 6.25. The number of H-pyrrole nitrogens is 2. The number of halogens is 4. The Kier molecular flexibility index (Phi) is 4.09. The van der Waals surface area contributed by atoms with E-state index in [1.807, 2.05) is 5.10 Å². The summed E-state index contributed by atoms with van der Waals surface area (Å²) in [6.07, 6.45) is -4.20. The number of fused-ring (bicyclic) bond motifs is 3. The van der Waals surface area contributed by atoms with Gasteiger partial charge in [0.2, 0.25) is 0 Å². The summed E-state index contributed by atoms with van der Waals surface area (Å²) in [6.45, 7) is 2.02. The molecular formula is C18H16F4N4O2. The molecule has 6 nitrogen and oxygen atoms in total. The normalized spacial score (nSPS) is 17.1. The predicted molar refractivity (Wildman–Crippen MR) is 91.6 cm³/mol. The van der Waals surface area contributed by atoms with Gasteiger partial charge in [-0.1, -0.05) is 0 Å². The third-order valence-electron chi connectivity index (χ3n) is 5.04. The zero-order valence-corrected chi connectivity index (χ0v) is 14.9. The van der Waals surface area contributed by atoms with Crippen LogP contribution < -0.4 is 4.74 Å². The first kappa shape index (κ1) is 18.3. The predicted octanol–water partition coefficient (Wildman–Crippen LogP) is 3.82. The number of hydrogen-bond donors (Lipinski definition) is 2. The molecule has 0 radical (unpaired) electrons. The van der Waals surface area contributed by atoms with Crippen molar-refractivity contribution in [1.82, 2.24) is 20.1 Å². The van der Waals surface area contributed by atoms with Crippen LogP contribution in [0.3, 0.4) is 0 Å². The van der Waals surface area contributed by atoms with E-state index in [9.17, 15) is 22.4 Å². The number of hydrogen-bond acceptors (Lipinski definition) is 3. The summed E-state index contributed by atoms with van der Waals surface area (Å²) in [5, 5.41) is 5.95. The lowest BCUT2D eigenvalue weighted by Gasteiger charge is -2.33. The molecule has 2 aromatic heterocycles. The summed E-state index contributed by atoms with van der Waals surface area (Å²) < 4.78 is 57.8. The summed E-state index contributed by atoms with van der Waals surface area (Å²) in [5.41, 5.74) is 0.424. The van der Waals surface area contributed by atoms with Crippen molar-refractivity contribution < 1.29 is 27.1 Å². The van der Waals surface area contributed by atoms with E-state index in [1.165, 1.54) is 18.1 Å². The lowest BCUT2D eigenvalue weighted by molar-refractivity contribution is -0.141. The zero-order valence-electron chi connectivity index (χ0n) is 14.9. The first-order valence-corrected chi connectivity index (χ1v) is 8.52. The number of ether oxygens (including phenoxy) is 1. The monoisotopic (exact) mass is 396 g/mol. The Labute approximate surface area is 156 Å². The molecule has 1 atom stereocenters. The van der Waals surface area contributed by atoms with E-state index in [-0.39, 0.29) is 12.2 Å². The summed E-state index contributed by atoms with van der Waals surface area (Å²) in [7, 11) is 1.43. The molecule has 3 aromatic rings. The number of carbonyl (C=O) groups is 1. The molecule has 0 saturated carbocycles. The molecule has 1 aliphatic heterocycles. The van der Waals surface area contributed by atoms with Gasteiger partial charge in [0.05, 0.1) is 18.7 Å². The average Bonchev–Trinajstić information content (AvgIpc) is 3.26. The number of nitrogens with zero attached hydrogens (tertiary/aromatic N) is 2. The maximum atomic E-state index is 14.4. The molecule has 148 valence electrons. The van der Waals surface area contributed by atoms with Crippen molar-refractivity contribution in [2.45, 2.75) is 25.6 Å². The molecule has 0 saturated heterocycles. The largest absolute Gasteiger partial charge is 0.497 e. The second-order valence-electron chi connectivity index (χ2n) is 6.64. The summed E-state index contributed by atoms with van der Waals surface area (Å²) in [6, 6.07) is 3.15. The van der Waals surface area contributed by atoms with Crippen molar-refractivity contribution >= 4 is 16.8 Å². The first-order chi connectivity index (χ1) is 13.2. The maximum absolute atomic E-state index is 14.4. The standard InChI is InChI=1S/C18H16F4N4O2/c1-8-15-10-5-9(28-2)6-11(19)16(10)23-12(15)3-4-26(8)17(27)13-7-14(25-24-13)18(20,21)22/h5-8,23H,3-4H2,1-2H3,(H,24,25)/t8-/m1/s1. The van der Waals surface area contributed by atoms with Gasteiger partial charge in [-0.15, -0.1) is 0 Å². The molecule has 2 N–H and O–H groups in total. The molecule has 1 aromatic carbocycles. The van der Waals surface area contributed by atoms with Crippen molar-refractivity contribution in [2.24, 2.45) is 0 Å². The van der Waals surface area contributed by atoms with Gasteiger partial charge in [-0.3, -0.25) is 9.89 Å². The molecule has 3 heterocycles. The highest BCUT2D eigenvalue weighted by molar-refractivity contribution is 5.94. The van der Waals surface area contributed by atoms with Gasteiger partial charge >= 0.3 is 6.18 Å². The van der Waals surface area contributed by atoms with Crippen LogP contribution >= 0.6 is 0 Å². The van der Waals surface area contributed by atoms with Crippen molar-refractivity contribution in [2.75, 3.05) is 13.7 Å². The van der Waals surface area contributed by atoms with Crippen LogP contribution in [0, 0.1) is 5.82 Å². The molecule has 28 heavy (non-hydrogen) atoms. The smallest absolute Gasteiger partial charge is 0.432 e. The Balaban J connectivity index is 1.72. The van der Waals surface area contributed by atoms with Crippen LogP contribution in [-0.2, 0) is 12.6 Å². The highest BCUT2D eigenvalue weighted by Gasteiger charge is 2.36. The Hall–Kier alpha value is -3.04. The van der Waals surface area contributed by atoms with Crippen LogP contribution in [0.15, 0.2) is 18.2 Å². The fraction of sp³-hybridized carbons (Fsp3) is 0.333. The SMILES string of the molecule is COc1cc(F)c2[nH]c3c(c2c1)[C@@H](C)N(C(=O)c1cc(C(F)(F)F)[nH]n1)CC3. The molecular weight excluding hydrogens is 380 g/mol. The van der Waals surface area contributed by atoms with Gasteiger partial charge in [0.1, 0.15) is 11.4 Å². The third kappa shape index (κ3) is 2.79. The molecule has 0 bridgehead atoms. The van der Waals surface area contributed by atoms with Crippen LogP contribution in [0.2, 0.25) is 0 Å². The van der Waals surface area contributed by atoms with Crippen molar-refractivity contribution in [1.29, 1.82) is 0 Å². The summed E-state index contributed by atoms with van der Waals surface area (Å²) >= 11 is 0. The Morgan fingerprint density at radius 1 is 1.32 bits per heavy atom. The number of aromatic nitrogens is 3. The second-order valence-corrected chi connectivity index (χ2v) is 6.64. The van der Waals surface area contributed by atoms with Crippen LogP contribution in [0.5, 0.6) is 5.75 Å². The first-order valence-electron chi connectivity index (χ1n) is 8.52. The Morgan fingerprint density at radius 3 is 2.71 bits per heavy atom. The Bertz CT molecular complexity index is 1070. The topological polar surface area (TPSA) is 74.0 Å². The number of benzene rings is 1. The van der Waals surface area contributed by atoms with E-state index in [2.05, 4.69) is 10.1 Å². The number of methoxy groups -OCH3 is 1. The Morgan fingerprint density at radius 2 is 2.07 bits per heavy atom. The van der Waals surface area contributed by atoms with E-state index < -0.39 is 29.6 Å². The molecule has 1 amide bonds. The van der Waals surface area contributed by atoms with E-state index >= 15 is 0 Å². The zero-order chi connectivity index (χ0) is 20.2. The minimum absolute atomic E-state index is 0.271. The minimum Gasteiger partial charge on any atom is -0.497 e. The van der Waals surface area contributed by atoms with E-state index in [1.54, 1.807) is 13.0 Å². The van der Waals surface area contributed by atoms with Gasteiger partial charge in [0, 0.05) is 41.7 Å². The number of alkyl halides is 3. The molecule has 0 aliphatic carbocycles.